The van der Waals surface area contributed by atoms with Crippen LogP contribution >= 0.6 is 11.6 Å². The second-order valence-corrected chi connectivity index (χ2v) is 6.10. The minimum Gasteiger partial charge on any atom is -0.351 e. The van der Waals surface area contributed by atoms with Crippen molar-refractivity contribution in [1.82, 2.24) is 10.2 Å². The molecule has 2 aliphatic heterocycles. The number of halogens is 2. The summed E-state index contributed by atoms with van der Waals surface area (Å²) < 4.78 is 13.9. The van der Waals surface area contributed by atoms with E-state index in [1.54, 1.807) is 4.90 Å². The number of rotatable bonds is 1. The standard InChI is InChI=1S/C15H16ClFN2O2/c16-10-4-5-13(17)12(6-10)15(21)19-7-9-2-1-3-11(8-19)18-14(9)20/h4-6,9,11H,1-3,7-8H2,(H,18,20)/t9-,11+/m0/s1. The van der Waals surface area contributed by atoms with Gasteiger partial charge in [-0.05, 0) is 31.0 Å². The number of carbonyl (C=O) groups is 2. The molecule has 2 fully saturated rings. The molecule has 3 rings (SSSR count). The number of likely N-dealkylation sites (tertiary alicyclic amines) is 1. The van der Waals surface area contributed by atoms with E-state index in [1.165, 1.54) is 18.2 Å². The summed E-state index contributed by atoms with van der Waals surface area (Å²) in [6.45, 7) is 0.764. The minimum atomic E-state index is -0.585. The van der Waals surface area contributed by atoms with Crippen molar-refractivity contribution in [2.75, 3.05) is 13.1 Å². The van der Waals surface area contributed by atoms with Crippen molar-refractivity contribution in [3.63, 3.8) is 0 Å². The van der Waals surface area contributed by atoms with Crippen molar-refractivity contribution in [1.29, 1.82) is 0 Å². The molecule has 0 radical (unpaired) electrons. The van der Waals surface area contributed by atoms with Gasteiger partial charge in [0.25, 0.3) is 5.91 Å². The summed E-state index contributed by atoms with van der Waals surface area (Å²) in [5, 5.41) is 3.27. The summed E-state index contributed by atoms with van der Waals surface area (Å²) in [6, 6.07) is 3.90. The van der Waals surface area contributed by atoms with Crippen molar-refractivity contribution in [3.05, 3.63) is 34.6 Å². The topological polar surface area (TPSA) is 49.4 Å². The zero-order chi connectivity index (χ0) is 15.0. The quantitative estimate of drug-likeness (QED) is 0.864. The van der Waals surface area contributed by atoms with Gasteiger partial charge in [0.05, 0.1) is 11.5 Å². The third-order valence-corrected chi connectivity index (χ3v) is 4.39. The first-order valence-corrected chi connectivity index (χ1v) is 7.47. The van der Waals surface area contributed by atoms with Crippen LogP contribution in [0.2, 0.25) is 5.02 Å². The Labute approximate surface area is 127 Å². The number of nitrogens with zero attached hydrogens (tertiary/aromatic N) is 1. The smallest absolute Gasteiger partial charge is 0.256 e. The molecule has 1 N–H and O–H groups in total. The molecule has 112 valence electrons. The fourth-order valence-corrected chi connectivity index (χ4v) is 3.22. The summed E-state index contributed by atoms with van der Waals surface area (Å²) in [5.74, 6) is -1.19. The molecule has 0 aliphatic carbocycles. The fourth-order valence-electron chi connectivity index (χ4n) is 3.05. The molecule has 1 aromatic carbocycles. The van der Waals surface area contributed by atoms with E-state index < -0.39 is 11.7 Å². The summed E-state index contributed by atoms with van der Waals surface area (Å²) in [7, 11) is 0. The average molecular weight is 311 g/mol. The van der Waals surface area contributed by atoms with E-state index in [1.807, 2.05) is 0 Å². The lowest BCUT2D eigenvalue weighted by Crippen LogP contribution is -2.42. The predicted molar refractivity (Wildman–Crippen MR) is 76.6 cm³/mol. The Morgan fingerprint density at radius 1 is 1.33 bits per heavy atom. The van der Waals surface area contributed by atoms with Crippen LogP contribution in [0.1, 0.15) is 29.6 Å². The lowest BCUT2D eigenvalue weighted by atomic mass is 9.98. The molecule has 0 aromatic heterocycles. The summed E-state index contributed by atoms with van der Waals surface area (Å²) >= 11 is 5.85. The number of carbonyl (C=O) groups excluding carboxylic acids is 2. The van der Waals surface area contributed by atoms with E-state index in [0.29, 0.717) is 18.1 Å². The van der Waals surface area contributed by atoms with Crippen LogP contribution < -0.4 is 5.32 Å². The van der Waals surface area contributed by atoms with Crippen LogP contribution in [0.5, 0.6) is 0 Å². The molecule has 2 bridgehead atoms. The summed E-state index contributed by atoms with van der Waals surface area (Å²) in [6.07, 6.45) is 2.59. The van der Waals surface area contributed by atoms with Crippen molar-refractivity contribution >= 4 is 23.4 Å². The van der Waals surface area contributed by atoms with E-state index in [-0.39, 0.29) is 23.4 Å². The van der Waals surface area contributed by atoms with Crippen molar-refractivity contribution in [2.24, 2.45) is 5.92 Å². The van der Waals surface area contributed by atoms with Gasteiger partial charge in [0.15, 0.2) is 0 Å². The summed E-state index contributed by atoms with van der Waals surface area (Å²) in [4.78, 5) is 26.1. The number of hydrogen-bond acceptors (Lipinski definition) is 2. The molecule has 2 saturated heterocycles. The Morgan fingerprint density at radius 3 is 2.95 bits per heavy atom. The fraction of sp³-hybridized carbons (Fsp3) is 0.467. The molecule has 2 heterocycles. The maximum Gasteiger partial charge on any atom is 0.256 e. The molecule has 21 heavy (non-hydrogen) atoms. The zero-order valence-corrected chi connectivity index (χ0v) is 12.2. The van der Waals surface area contributed by atoms with E-state index in [2.05, 4.69) is 5.32 Å². The largest absolute Gasteiger partial charge is 0.351 e. The van der Waals surface area contributed by atoms with E-state index in [9.17, 15) is 14.0 Å². The highest BCUT2D eigenvalue weighted by Gasteiger charge is 2.35. The van der Waals surface area contributed by atoms with Crippen LogP contribution in [0.15, 0.2) is 18.2 Å². The van der Waals surface area contributed by atoms with Crippen LogP contribution in [-0.2, 0) is 4.79 Å². The minimum absolute atomic E-state index is 0.000587. The first-order chi connectivity index (χ1) is 10.0. The van der Waals surface area contributed by atoms with E-state index in [4.69, 9.17) is 11.6 Å². The van der Waals surface area contributed by atoms with Gasteiger partial charge in [-0.3, -0.25) is 9.59 Å². The van der Waals surface area contributed by atoms with Gasteiger partial charge >= 0.3 is 0 Å². The molecule has 6 heteroatoms. The van der Waals surface area contributed by atoms with Crippen molar-refractivity contribution < 1.29 is 14.0 Å². The number of benzene rings is 1. The van der Waals surface area contributed by atoms with Crippen LogP contribution in [0.25, 0.3) is 0 Å². The first-order valence-electron chi connectivity index (χ1n) is 7.09. The van der Waals surface area contributed by atoms with Crippen molar-refractivity contribution in [2.45, 2.75) is 25.3 Å². The molecule has 0 spiro atoms. The van der Waals surface area contributed by atoms with E-state index in [0.717, 1.165) is 19.3 Å². The molecular weight excluding hydrogens is 295 g/mol. The molecule has 4 nitrogen and oxygen atoms in total. The average Bonchev–Trinajstić information content (AvgIpc) is 2.69. The van der Waals surface area contributed by atoms with Crippen LogP contribution in [0.4, 0.5) is 4.39 Å². The SMILES string of the molecule is O=C1N[C@@H]2CCC[C@H]1CN(C(=O)c1cc(Cl)ccc1F)C2. The lowest BCUT2D eigenvalue weighted by molar-refractivity contribution is -0.124. The highest BCUT2D eigenvalue weighted by Crippen LogP contribution is 2.24. The van der Waals surface area contributed by atoms with Crippen molar-refractivity contribution in [3.8, 4) is 0 Å². The first kappa shape index (κ1) is 14.3. The number of nitrogens with one attached hydrogen (secondary N) is 1. The van der Waals surface area contributed by atoms with Crippen LogP contribution in [0.3, 0.4) is 0 Å². The normalized spacial score (nSPS) is 25.2. The van der Waals surface area contributed by atoms with Gasteiger partial charge in [0, 0.05) is 24.2 Å². The van der Waals surface area contributed by atoms with Gasteiger partial charge in [-0.15, -0.1) is 0 Å². The van der Waals surface area contributed by atoms with Gasteiger partial charge in [-0.2, -0.15) is 0 Å². The second-order valence-electron chi connectivity index (χ2n) is 5.67. The predicted octanol–water partition coefficient (Wildman–Crippen LogP) is 2.22. The van der Waals surface area contributed by atoms with Gasteiger partial charge in [0.1, 0.15) is 5.82 Å². The Bertz CT molecular complexity index is 593. The van der Waals surface area contributed by atoms with Gasteiger partial charge in [-0.1, -0.05) is 18.0 Å². The zero-order valence-electron chi connectivity index (χ0n) is 11.4. The Balaban J connectivity index is 1.88. The van der Waals surface area contributed by atoms with Crippen LogP contribution in [0, 0.1) is 11.7 Å². The number of hydrogen-bond donors (Lipinski definition) is 1. The Kier molecular flexibility index (Phi) is 3.85. The lowest BCUT2D eigenvalue weighted by Gasteiger charge is -2.27. The van der Waals surface area contributed by atoms with E-state index >= 15 is 0 Å². The highest BCUT2D eigenvalue weighted by atomic mass is 35.5. The monoisotopic (exact) mass is 310 g/mol. The summed E-state index contributed by atoms with van der Waals surface area (Å²) in [5.41, 5.74) is -0.0325. The molecule has 1 aromatic rings. The van der Waals surface area contributed by atoms with Crippen LogP contribution in [-0.4, -0.2) is 35.8 Å². The highest BCUT2D eigenvalue weighted by molar-refractivity contribution is 6.31. The Hall–Kier alpha value is -1.62. The van der Waals surface area contributed by atoms with Gasteiger partial charge in [0.2, 0.25) is 5.91 Å². The molecular formula is C15H16ClFN2O2. The maximum atomic E-state index is 13.9. The third kappa shape index (κ3) is 2.88. The molecule has 2 atom stereocenters. The molecule has 2 amide bonds. The number of amides is 2. The third-order valence-electron chi connectivity index (χ3n) is 4.15. The molecule has 0 saturated carbocycles. The molecule has 0 unspecified atom stereocenters. The Morgan fingerprint density at radius 2 is 2.14 bits per heavy atom. The number of fused-ring (bicyclic) bond motifs is 3. The maximum absolute atomic E-state index is 13.9. The van der Waals surface area contributed by atoms with Gasteiger partial charge < -0.3 is 10.2 Å². The van der Waals surface area contributed by atoms with Gasteiger partial charge in [-0.25, -0.2) is 4.39 Å². The molecule has 2 aliphatic rings. The second kappa shape index (κ2) is 5.64.